The van der Waals surface area contributed by atoms with Crippen molar-refractivity contribution in [1.82, 2.24) is 9.78 Å². The summed E-state index contributed by atoms with van der Waals surface area (Å²) in [4.78, 5) is 0. The fourth-order valence-electron chi connectivity index (χ4n) is 1.23. The number of aromatic nitrogens is 2. The van der Waals surface area contributed by atoms with E-state index in [1.165, 1.54) is 0 Å². The van der Waals surface area contributed by atoms with Crippen molar-refractivity contribution in [2.45, 2.75) is 19.8 Å². The van der Waals surface area contributed by atoms with Crippen LogP contribution >= 0.6 is 0 Å². The van der Waals surface area contributed by atoms with Gasteiger partial charge in [-0.2, -0.15) is 5.10 Å². The van der Waals surface area contributed by atoms with Crippen LogP contribution in [0.15, 0.2) is 6.20 Å². The van der Waals surface area contributed by atoms with E-state index in [-0.39, 0.29) is 6.67 Å². The highest BCUT2D eigenvalue weighted by atomic mass is 19.1. The van der Waals surface area contributed by atoms with Crippen LogP contribution in [0.1, 0.15) is 19.0 Å². The average molecular weight is 185 g/mol. The van der Waals surface area contributed by atoms with Gasteiger partial charge in [-0.1, -0.05) is 6.92 Å². The highest BCUT2D eigenvalue weighted by molar-refractivity contribution is 5.46. The van der Waals surface area contributed by atoms with Crippen molar-refractivity contribution in [3.63, 3.8) is 0 Å². The van der Waals surface area contributed by atoms with Crippen molar-refractivity contribution >= 4 is 5.69 Å². The third-order valence-electron chi connectivity index (χ3n) is 1.87. The molecule has 3 nitrogen and oxygen atoms in total. The van der Waals surface area contributed by atoms with Crippen molar-refractivity contribution in [1.29, 1.82) is 0 Å². The first-order chi connectivity index (χ1) is 6.27. The minimum Gasteiger partial charge on any atom is -0.382 e. The molecule has 0 unspecified atom stereocenters. The Morgan fingerprint density at radius 1 is 1.62 bits per heavy atom. The fraction of sp³-hybridized carbons (Fsp3) is 0.667. The monoisotopic (exact) mass is 185 g/mol. The summed E-state index contributed by atoms with van der Waals surface area (Å²) in [5.41, 5.74) is 2.07. The molecule has 0 aliphatic rings. The molecule has 13 heavy (non-hydrogen) atoms. The molecule has 0 aliphatic carbocycles. The number of rotatable bonds is 5. The first kappa shape index (κ1) is 10.0. The summed E-state index contributed by atoms with van der Waals surface area (Å²) in [5.74, 6) is 0. The summed E-state index contributed by atoms with van der Waals surface area (Å²) in [5, 5.41) is 7.43. The van der Waals surface area contributed by atoms with E-state index in [2.05, 4.69) is 17.3 Å². The highest BCUT2D eigenvalue weighted by Crippen LogP contribution is 2.13. The molecule has 4 heteroatoms. The lowest BCUT2D eigenvalue weighted by Gasteiger charge is -2.02. The molecule has 0 amide bonds. The molecule has 1 N–H and O–H groups in total. The Morgan fingerprint density at radius 2 is 2.38 bits per heavy atom. The van der Waals surface area contributed by atoms with Gasteiger partial charge in [0.1, 0.15) is 0 Å². The maximum Gasteiger partial charge on any atom is 0.0911 e. The molecule has 1 aromatic heterocycles. The number of anilines is 1. The van der Waals surface area contributed by atoms with Gasteiger partial charge in [-0.3, -0.25) is 9.07 Å². The van der Waals surface area contributed by atoms with E-state index in [1.807, 2.05) is 13.2 Å². The van der Waals surface area contributed by atoms with Crippen molar-refractivity contribution < 1.29 is 4.39 Å². The Bertz CT molecular complexity index is 257. The second kappa shape index (κ2) is 4.84. The van der Waals surface area contributed by atoms with Gasteiger partial charge in [-0.15, -0.1) is 0 Å². The maximum atomic E-state index is 11.8. The molecule has 0 atom stereocenters. The van der Waals surface area contributed by atoms with E-state index in [9.17, 15) is 4.39 Å². The minimum atomic E-state index is -0.269. The summed E-state index contributed by atoms with van der Waals surface area (Å²) in [7, 11) is 1.89. The van der Waals surface area contributed by atoms with Crippen molar-refractivity contribution in [3.05, 3.63) is 11.9 Å². The van der Waals surface area contributed by atoms with Crippen molar-refractivity contribution in [3.8, 4) is 0 Å². The topological polar surface area (TPSA) is 29.9 Å². The van der Waals surface area contributed by atoms with Gasteiger partial charge in [-0.25, -0.2) is 0 Å². The van der Waals surface area contributed by atoms with Crippen molar-refractivity contribution in [2.75, 3.05) is 18.5 Å². The Hall–Kier alpha value is -1.06. The molecule has 0 aliphatic heterocycles. The molecule has 0 bridgehead atoms. The average Bonchev–Trinajstić information content (AvgIpc) is 2.47. The molecular formula is C9H16FN3. The van der Waals surface area contributed by atoms with E-state index in [1.54, 1.807) is 4.68 Å². The quantitative estimate of drug-likeness (QED) is 0.708. The van der Waals surface area contributed by atoms with Crippen LogP contribution in [0.3, 0.4) is 0 Å². The third-order valence-corrected chi connectivity index (χ3v) is 1.87. The first-order valence-electron chi connectivity index (χ1n) is 4.60. The Balaban J connectivity index is 2.53. The lowest BCUT2D eigenvalue weighted by atomic mass is 10.3. The van der Waals surface area contributed by atoms with Crippen LogP contribution in [-0.2, 0) is 13.5 Å². The molecule has 0 radical (unpaired) electrons. The molecule has 0 fully saturated rings. The predicted octanol–water partition coefficient (Wildman–Crippen LogP) is 1.75. The van der Waals surface area contributed by atoms with Gasteiger partial charge >= 0.3 is 0 Å². The van der Waals surface area contributed by atoms with Gasteiger partial charge in [0.15, 0.2) is 0 Å². The van der Waals surface area contributed by atoms with Gasteiger partial charge in [-0.05, 0) is 12.8 Å². The van der Waals surface area contributed by atoms with Crippen LogP contribution in [0.2, 0.25) is 0 Å². The SMILES string of the molecule is CCc1nn(C)cc1NCCCF. The van der Waals surface area contributed by atoms with Gasteiger partial charge in [0, 0.05) is 19.8 Å². The highest BCUT2D eigenvalue weighted by Gasteiger charge is 2.03. The molecule has 0 aromatic carbocycles. The maximum absolute atomic E-state index is 11.8. The zero-order chi connectivity index (χ0) is 9.68. The molecule has 1 aromatic rings. The Labute approximate surface area is 77.9 Å². The molecule has 1 heterocycles. The second-order valence-corrected chi connectivity index (χ2v) is 2.99. The number of hydrogen-bond donors (Lipinski definition) is 1. The van der Waals surface area contributed by atoms with E-state index in [0.717, 1.165) is 17.8 Å². The van der Waals surface area contributed by atoms with Crippen LogP contribution in [0.4, 0.5) is 10.1 Å². The summed E-state index contributed by atoms with van der Waals surface area (Å²) in [6.45, 7) is 2.46. The molecular weight excluding hydrogens is 169 g/mol. The second-order valence-electron chi connectivity index (χ2n) is 2.99. The standard InChI is InChI=1S/C9H16FN3/c1-3-8-9(7-13(2)12-8)11-6-4-5-10/h7,11H,3-6H2,1-2H3. The molecule has 0 saturated carbocycles. The van der Waals surface area contributed by atoms with Gasteiger partial charge in [0.2, 0.25) is 0 Å². The third kappa shape index (κ3) is 2.72. The first-order valence-corrected chi connectivity index (χ1v) is 4.60. The van der Waals surface area contributed by atoms with E-state index >= 15 is 0 Å². The zero-order valence-electron chi connectivity index (χ0n) is 8.18. The van der Waals surface area contributed by atoms with Crippen LogP contribution in [-0.4, -0.2) is 23.0 Å². The summed E-state index contributed by atoms with van der Waals surface area (Å²) in [6.07, 6.45) is 3.38. The summed E-state index contributed by atoms with van der Waals surface area (Å²) >= 11 is 0. The fourth-order valence-corrected chi connectivity index (χ4v) is 1.23. The molecule has 0 saturated heterocycles. The van der Waals surface area contributed by atoms with Crippen LogP contribution in [0, 0.1) is 0 Å². The largest absolute Gasteiger partial charge is 0.382 e. The van der Waals surface area contributed by atoms with E-state index in [0.29, 0.717) is 13.0 Å². The van der Waals surface area contributed by atoms with Crippen LogP contribution < -0.4 is 5.32 Å². The summed E-state index contributed by atoms with van der Waals surface area (Å²) in [6, 6.07) is 0. The Morgan fingerprint density at radius 3 is 3.00 bits per heavy atom. The molecule has 74 valence electrons. The number of alkyl halides is 1. The smallest absolute Gasteiger partial charge is 0.0911 e. The summed E-state index contributed by atoms with van der Waals surface area (Å²) < 4.78 is 13.6. The number of nitrogens with zero attached hydrogens (tertiary/aromatic N) is 2. The van der Waals surface area contributed by atoms with Gasteiger partial charge < -0.3 is 5.32 Å². The zero-order valence-corrected chi connectivity index (χ0v) is 8.18. The van der Waals surface area contributed by atoms with Crippen LogP contribution in [0.25, 0.3) is 0 Å². The number of nitrogens with one attached hydrogen (secondary N) is 1. The van der Waals surface area contributed by atoms with Gasteiger partial charge in [0.05, 0.1) is 18.1 Å². The Kier molecular flexibility index (Phi) is 3.73. The van der Waals surface area contributed by atoms with E-state index in [4.69, 9.17) is 0 Å². The molecule has 1 rings (SSSR count). The lowest BCUT2D eigenvalue weighted by molar-refractivity contribution is 0.481. The number of halogens is 1. The van der Waals surface area contributed by atoms with Crippen LogP contribution in [0.5, 0.6) is 0 Å². The minimum absolute atomic E-state index is 0.269. The normalized spacial score (nSPS) is 10.4. The lowest BCUT2D eigenvalue weighted by Crippen LogP contribution is -2.03. The molecule has 0 spiro atoms. The number of aryl methyl sites for hydroxylation is 2. The van der Waals surface area contributed by atoms with Gasteiger partial charge in [0.25, 0.3) is 0 Å². The van der Waals surface area contributed by atoms with Crippen molar-refractivity contribution in [2.24, 2.45) is 7.05 Å². The number of hydrogen-bond acceptors (Lipinski definition) is 2. The van der Waals surface area contributed by atoms with E-state index < -0.39 is 0 Å². The predicted molar refractivity (Wildman–Crippen MR) is 51.7 cm³/mol.